The predicted molar refractivity (Wildman–Crippen MR) is 109 cm³/mol. The topological polar surface area (TPSA) is 50.8 Å². The number of piperidine rings is 1. The van der Waals surface area contributed by atoms with Gasteiger partial charge in [0.1, 0.15) is 12.4 Å². The van der Waals surface area contributed by atoms with Gasteiger partial charge in [0.2, 0.25) is 0 Å². The molecule has 1 fully saturated rings. The molecule has 1 aliphatic rings. The first-order valence-electron chi connectivity index (χ1n) is 9.88. The molecule has 1 saturated heterocycles. The fourth-order valence-corrected chi connectivity index (χ4v) is 3.39. The van der Waals surface area contributed by atoms with Gasteiger partial charge in [-0.25, -0.2) is 0 Å². The molecule has 0 radical (unpaired) electrons. The maximum atomic E-state index is 13.2. The molecule has 3 rings (SSSR count). The number of amides is 1. The van der Waals surface area contributed by atoms with Gasteiger partial charge in [-0.2, -0.15) is 13.2 Å². The van der Waals surface area contributed by atoms with E-state index in [2.05, 4.69) is 5.32 Å². The summed E-state index contributed by atoms with van der Waals surface area (Å²) < 4.78 is 50.2. The van der Waals surface area contributed by atoms with Crippen LogP contribution in [0.3, 0.4) is 0 Å². The highest BCUT2D eigenvalue weighted by atomic mass is 19.4. The fourth-order valence-electron chi connectivity index (χ4n) is 3.39. The molecular weight excluding hydrogens is 397 g/mol. The molecule has 2 aromatic rings. The average molecular weight is 422 g/mol. The summed E-state index contributed by atoms with van der Waals surface area (Å²) in [5.74, 6) is -0.00947. The largest absolute Gasteiger partial charge is 0.491 e. The second-order valence-corrected chi connectivity index (χ2v) is 7.10. The summed E-state index contributed by atoms with van der Waals surface area (Å²) in [6.07, 6.45) is -1.46. The summed E-state index contributed by atoms with van der Waals surface area (Å²) in [4.78, 5) is 14.8. The van der Waals surface area contributed by atoms with Crippen molar-refractivity contribution >= 4 is 17.3 Å². The van der Waals surface area contributed by atoms with Crippen molar-refractivity contribution in [3.63, 3.8) is 0 Å². The van der Waals surface area contributed by atoms with Crippen molar-refractivity contribution in [2.24, 2.45) is 0 Å². The Morgan fingerprint density at radius 2 is 1.83 bits per heavy atom. The lowest BCUT2D eigenvalue weighted by Crippen LogP contribution is -2.30. The van der Waals surface area contributed by atoms with E-state index in [0.29, 0.717) is 30.2 Å². The minimum atomic E-state index is -4.49. The van der Waals surface area contributed by atoms with Crippen LogP contribution < -0.4 is 15.0 Å². The SMILES string of the molecule is COCCOc1cccc(C(=O)Nc2cc(C(F)(F)F)ccc2N2CCCCC2)c1. The molecule has 0 atom stereocenters. The number of methoxy groups -OCH3 is 1. The van der Waals surface area contributed by atoms with Gasteiger partial charge < -0.3 is 19.7 Å². The monoisotopic (exact) mass is 422 g/mol. The Morgan fingerprint density at radius 3 is 2.53 bits per heavy atom. The van der Waals surface area contributed by atoms with Gasteiger partial charge in [0, 0.05) is 25.8 Å². The zero-order chi connectivity index (χ0) is 21.6. The lowest BCUT2D eigenvalue weighted by Gasteiger charge is -2.31. The summed E-state index contributed by atoms with van der Waals surface area (Å²) in [6, 6.07) is 10.0. The zero-order valence-electron chi connectivity index (χ0n) is 16.8. The molecule has 1 heterocycles. The number of rotatable bonds is 7. The Bertz CT molecular complexity index is 865. The first kappa shape index (κ1) is 22.0. The molecule has 1 aliphatic heterocycles. The first-order valence-corrected chi connectivity index (χ1v) is 9.88. The summed E-state index contributed by atoms with van der Waals surface area (Å²) in [7, 11) is 1.56. The van der Waals surface area contributed by atoms with Crippen LogP contribution in [0.4, 0.5) is 24.5 Å². The van der Waals surface area contributed by atoms with Crippen molar-refractivity contribution in [1.29, 1.82) is 0 Å². The van der Waals surface area contributed by atoms with Crippen LogP contribution in [0.2, 0.25) is 0 Å². The molecule has 1 N–H and O–H groups in total. The smallest absolute Gasteiger partial charge is 0.416 e. The number of nitrogens with one attached hydrogen (secondary N) is 1. The predicted octanol–water partition coefficient (Wildman–Crippen LogP) is 4.97. The molecule has 0 aliphatic carbocycles. The molecular formula is C22H25F3N2O3. The van der Waals surface area contributed by atoms with Gasteiger partial charge in [-0.05, 0) is 55.7 Å². The van der Waals surface area contributed by atoms with Gasteiger partial charge in [0.25, 0.3) is 5.91 Å². The number of hydrogen-bond acceptors (Lipinski definition) is 4. The molecule has 162 valence electrons. The van der Waals surface area contributed by atoms with Crippen LogP contribution in [-0.2, 0) is 10.9 Å². The first-order chi connectivity index (χ1) is 14.4. The summed E-state index contributed by atoms with van der Waals surface area (Å²) in [5, 5.41) is 2.67. The highest BCUT2D eigenvalue weighted by Crippen LogP contribution is 2.36. The van der Waals surface area contributed by atoms with Crippen molar-refractivity contribution in [3.8, 4) is 5.75 Å². The molecule has 0 spiro atoms. The van der Waals surface area contributed by atoms with Crippen molar-refractivity contribution in [2.45, 2.75) is 25.4 Å². The number of benzene rings is 2. The summed E-state index contributed by atoms with van der Waals surface area (Å²) in [6.45, 7) is 2.22. The third-order valence-corrected chi connectivity index (χ3v) is 4.92. The van der Waals surface area contributed by atoms with Gasteiger partial charge >= 0.3 is 6.18 Å². The van der Waals surface area contributed by atoms with Crippen LogP contribution in [-0.4, -0.2) is 39.3 Å². The molecule has 5 nitrogen and oxygen atoms in total. The molecule has 0 bridgehead atoms. The van der Waals surface area contributed by atoms with Crippen molar-refractivity contribution in [2.75, 3.05) is 43.6 Å². The second-order valence-electron chi connectivity index (χ2n) is 7.10. The molecule has 30 heavy (non-hydrogen) atoms. The van der Waals surface area contributed by atoms with Crippen molar-refractivity contribution in [3.05, 3.63) is 53.6 Å². The highest BCUT2D eigenvalue weighted by Gasteiger charge is 2.32. The number of carbonyl (C=O) groups excluding carboxylic acids is 1. The molecule has 2 aromatic carbocycles. The third-order valence-electron chi connectivity index (χ3n) is 4.92. The van der Waals surface area contributed by atoms with E-state index in [1.54, 1.807) is 31.4 Å². The number of anilines is 2. The van der Waals surface area contributed by atoms with Crippen molar-refractivity contribution < 1.29 is 27.4 Å². The minimum Gasteiger partial charge on any atom is -0.491 e. The third kappa shape index (κ3) is 5.66. The molecule has 0 saturated carbocycles. The molecule has 0 unspecified atom stereocenters. The average Bonchev–Trinajstić information content (AvgIpc) is 2.74. The van der Waals surface area contributed by atoms with Crippen LogP contribution in [0.1, 0.15) is 35.2 Å². The van der Waals surface area contributed by atoms with Crippen LogP contribution in [0.25, 0.3) is 0 Å². The Labute approximate surface area is 173 Å². The maximum absolute atomic E-state index is 13.2. The van der Waals surface area contributed by atoms with E-state index in [-0.39, 0.29) is 5.69 Å². The van der Waals surface area contributed by atoms with Crippen LogP contribution in [0.5, 0.6) is 5.75 Å². The molecule has 1 amide bonds. The standard InChI is InChI=1S/C22H25F3N2O3/c1-29-12-13-30-18-7-5-6-16(14-18)21(28)26-19-15-17(22(23,24)25)8-9-20(19)27-10-3-2-4-11-27/h5-9,14-15H,2-4,10-13H2,1H3,(H,26,28). The van der Waals surface area contributed by atoms with E-state index in [9.17, 15) is 18.0 Å². The van der Waals surface area contributed by atoms with E-state index in [1.807, 2.05) is 4.90 Å². The minimum absolute atomic E-state index is 0.155. The van der Waals surface area contributed by atoms with E-state index >= 15 is 0 Å². The van der Waals surface area contributed by atoms with E-state index in [1.165, 1.54) is 6.07 Å². The summed E-state index contributed by atoms with van der Waals surface area (Å²) >= 11 is 0. The lowest BCUT2D eigenvalue weighted by molar-refractivity contribution is -0.137. The van der Waals surface area contributed by atoms with Crippen LogP contribution >= 0.6 is 0 Å². The lowest BCUT2D eigenvalue weighted by atomic mass is 10.1. The Balaban J connectivity index is 1.84. The number of alkyl halides is 3. The van der Waals surface area contributed by atoms with Gasteiger partial charge in [0.15, 0.2) is 0 Å². The van der Waals surface area contributed by atoms with Crippen LogP contribution in [0, 0.1) is 0 Å². The molecule has 0 aromatic heterocycles. The normalized spacial score (nSPS) is 14.5. The van der Waals surface area contributed by atoms with Crippen molar-refractivity contribution in [1.82, 2.24) is 0 Å². The molecule has 8 heteroatoms. The Kier molecular flexibility index (Phi) is 7.20. The number of halogens is 3. The van der Waals surface area contributed by atoms with Crippen LogP contribution in [0.15, 0.2) is 42.5 Å². The van der Waals surface area contributed by atoms with Gasteiger partial charge in [-0.3, -0.25) is 4.79 Å². The number of ether oxygens (including phenoxy) is 2. The Morgan fingerprint density at radius 1 is 1.07 bits per heavy atom. The van der Waals surface area contributed by atoms with E-state index in [0.717, 1.165) is 44.5 Å². The number of hydrogen-bond donors (Lipinski definition) is 1. The van der Waals surface area contributed by atoms with E-state index < -0.39 is 17.6 Å². The highest BCUT2D eigenvalue weighted by molar-refractivity contribution is 6.06. The second kappa shape index (κ2) is 9.84. The maximum Gasteiger partial charge on any atom is 0.416 e. The number of carbonyl (C=O) groups is 1. The van der Waals surface area contributed by atoms with Gasteiger partial charge in [-0.1, -0.05) is 6.07 Å². The zero-order valence-corrected chi connectivity index (χ0v) is 16.8. The van der Waals surface area contributed by atoms with E-state index in [4.69, 9.17) is 9.47 Å². The number of nitrogens with zero attached hydrogens (tertiary/aromatic N) is 1. The quantitative estimate of drug-likeness (QED) is 0.640. The Hall–Kier alpha value is -2.74. The van der Waals surface area contributed by atoms with Gasteiger partial charge in [0.05, 0.1) is 23.5 Å². The van der Waals surface area contributed by atoms with Gasteiger partial charge in [-0.15, -0.1) is 0 Å². The fraction of sp³-hybridized carbons (Fsp3) is 0.409. The summed E-state index contributed by atoms with van der Waals surface area (Å²) in [5.41, 5.74) is 0.258.